The van der Waals surface area contributed by atoms with Gasteiger partial charge in [-0.2, -0.15) is 0 Å². The molecule has 0 N–H and O–H groups in total. The minimum atomic E-state index is -0.711. The number of carbonyl (C=O) groups is 1. The van der Waals surface area contributed by atoms with Crippen LogP contribution in [0.4, 0.5) is 10.1 Å². The van der Waals surface area contributed by atoms with Crippen molar-refractivity contribution in [2.24, 2.45) is 5.11 Å². The van der Waals surface area contributed by atoms with Crippen molar-refractivity contribution < 1.29 is 18.7 Å². The topological polar surface area (TPSA) is 110 Å². The molecule has 10 heteroatoms. The molecular weight excluding hydrogens is 405 g/mol. The lowest BCUT2D eigenvalue weighted by molar-refractivity contribution is 0.0524. The van der Waals surface area contributed by atoms with Crippen molar-refractivity contribution in [1.82, 2.24) is 4.57 Å². The van der Waals surface area contributed by atoms with Crippen LogP contribution >= 0.6 is 0 Å². The lowest BCUT2D eigenvalue weighted by Gasteiger charge is -2.26. The summed E-state index contributed by atoms with van der Waals surface area (Å²) in [5, 5.41) is 3.94. The number of esters is 1. The van der Waals surface area contributed by atoms with Gasteiger partial charge in [-0.15, -0.1) is 0 Å². The highest BCUT2D eigenvalue weighted by atomic mass is 19.1. The van der Waals surface area contributed by atoms with Crippen molar-refractivity contribution in [3.8, 4) is 5.75 Å². The molecule has 31 heavy (non-hydrogen) atoms. The van der Waals surface area contributed by atoms with Gasteiger partial charge in [-0.05, 0) is 37.8 Å². The molecule has 162 valence electrons. The Morgan fingerprint density at radius 3 is 2.90 bits per heavy atom. The summed E-state index contributed by atoms with van der Waals surface area (Å²) in [4.78, 5) is 30.3. The van der Waals surface area contributed by atoms with Crippen LogP contribution in [-0.4, -0.2) is 42.4 Å². The van der Waals surface area contributed by atoms with E-state index in [-0.39, 0.29) is 35.7 Å². The number of hydrogen-bond acceptors (Lipinski definition) is 6. The summed E-state index contributed by atoms with van der Waals surface area (Å²) in [6.45, 7) is 2.56. The van der Waals surface area contributed by atoms with E-state index in [1.54, 1.807) is 6.92 Å². The van der Waals surface area contributed by atoms with E-state index in [1.807, 2.05) is 9.47 Å². The fourth-order valence-electron chi connectivity index (χ4n) is 4.74. The van der Waals surface area contributed by atoms with Crippen molar-refractivity contribution in [2.45, 2.75) is 50.7 Å². The third-order valence-corrected chi connectivity index (χ3v) is 6.23. The number of aromatic nitrogens is 1. The average Bonchev–Trinajstić information content (AvgIpc) is 3.53. The van der Waals surface area contributed by atoms with Crippen LogP contribution in [0, 0.1) is 5.82 Å². The predicted octanol–water partition coefficient (Wildman–Crippen LogP) is 3.69. The molecule has 3 aliphatic rings. The molecule has 2 aliphatic heterocycles. The Kier molecular flexibility index (Phi) is 4.74. The van der Waals surface area contributed by atoms with Crippen molar-refractivity contribution >= 4 is 22.6 Å². The number of benzene rings is 1. The minimum Gasteiger partial charge on any atom is -0.489 e. The molecule has 2 atom stereocenters. The van der Waals surface area contributed by atoms with Crippen LogP contribution in [-0.2, 0) is 4.74 Å². The molecule has 1 aromatic carbocycles. The molecule has 2 aromatic rings. The number of azide groups is 1. The van der Waals surface area contributed by atoms with Crippen molar-refractivity contribution in [3.63, 3.8) is 0 Å². The van der Waals surface area contributed by atoms with Crippen LogP contribution in [0.5, 0.6) is 5.75 Å². The third-order valence-electron chi connectivity index (χ3n) is 6.23. The highest BCUT2D eigenvalue weighted by molar-refractivity contribution is 5.98. The summed E-state index contributed by atoms with van der Waals surface area (Å²) in [6, 6.07) is 1.06. The number of fused-ring (bicyclic) bond motifs is 5. The number of nitrogens with zero attached hydrogens (tertiary/aromatic N) is 5. The summed E-state index contributed by atoms with van der Waals surface area (Å²) >= 11 is 0. The second kappa shape index (κ2) is 7.46. The molecular formula is C21H22FN5O4. The number of rotatable bonds is 4. The molecule has 0 bridgehead atoms. The Bertz CT molecular complexity index is 1180. The summed E-state index contributed by atoms with van der Waals surface area (Å²) in [6.07, 6.45) is 4.61. The second-order valence-corrected chi connectivity index (χ2v) is 8.20. The molecule has 5 rings (SSSR count). The highest BCUT2D eigenvalue weighted by Gasteiger charge is 2.39. The fourth-order valence-corrected chi connectivity index (χ4v) is 4.74. The van der Waals surface area contributed by atoms with Gasteiger partial charge in [-0.25, -0.2) is 9.18 Å². The second-order valence-electron chi connectivity index (χ2n) is 8.20. The Labute approximate surface area is 177 Å². The first-order valence-electron chi connectivity index (χ1n) is 10.6. The minimum absolute atomic E-state index is 0.0106. The van der Waals surface area contributed by atoms with E-state index in [1.165, 1.54) is 12.3 Å². The molecule has 1 saturated heterocycles. The molecule has 2 fully saturated rings. The maximum absolute atomic E-state index is 15.5. The number of halogens is 1. The van der Waals surface area contributed by atoms with Gasteiger partial charge in [0.15, 0.2) is 11.6 Å². The van der Waals surface area contributed by atoms with Gasteiger partial charge < -0.3 is 18.9 Å². The summed E-state index contributed by atoms with van der Waals surface area (Å²) in [5.74, 6) is -0.980. The zero-order valence-corrected chi connectivity index (χ0v) is 17.1. The largest absolute Gasteiger partial charge is 0.489 e. The zero-order valence-electron chi connectivity index (χ0n) is 17.1. The molecule has 9 nitrogen and oxygen atoms in total. The maximum Gasteiger partial charge on any atom is 0.343 e. The van der Waals surface area contributed by atoms with Crippen LogP contribution in [0.3, 0.4) is 0 Å². The van der Waals surface area contributed by atoms with Crippen LogP contribution < -0.4 is 15.1 Å². The van der Waals surface area contributed by atoms with Gasteiger partial charge in [-0.1, -0.05) is 5.11 Å². The molecule has 1 aliphatic carbocycles. The van der Waals surface area contributed by atoms with Gasteiger partial charge in [0.05, 0.1) is 30.2 Å². The summed E-state index contributed by atoms with van der Waals surface area (Å²) in [7, 11) is 0. The fraction of sp³-hybridized carbons (Fsp3) is 0.524. The SMILES string of the molecule is CCOC(=O)c1cn(C2CC2)c2c3c(c(F)cc2c1=O)N1C[C@@H](N=[N+]=[N-])C[C@@H]1CCO3. The van der Waals surface area contributed by atoms with Gasteiger partial charge in [0, 0.05) is 36.2 Å². The first-order chi connectivity index (χ1) is 15.0. The van der Waals surface area contributed by atoms with Gasteiger partial charge in [0.25, 0.3) is 0 Å². The van der Waals surface area contributed by atoms with E-state index in [0.29, 0.717) is 42.9 Å². The normalized spacial score (nSPS) is 22.2. The van der Waals surface area contributed by atoms with E-state index in [9.17, 15) is 9.59 Å². The Morgan fingerprint density at radius 2 is 2.19 bits per heavy atom. The maximum atomic E-state index is 15.5. The molecule has 0 unspecified atom stereocenters. The van der Waals surface area contributed by atoms with E-state index >= 15 is 4.39 Å². The Morgan fingerprint density at radius 1 is 1.39 bits per heavy atom. The average molecular weight is 427 g/mol. The summed E-state index contributed by atoms with van der Waals surface area (Å²) in [5.41, 5.74) is 8.95. The number of anilines is 1. The van der Waals surface area contributed by atoms with Gasteiger partial charge in [0.2, 0.25) is 5.43 Å². The zero-order chi connectivity index (χ0) is 21.7. The monoisotopic (exact) mass is 427 g/mol. The lowest BCUT2D eigenvalue weighted by Crippen LogP contribution is -2.30. The number of ether oxygens (including phenoxy) is 2. The summed E-state index contributed by atoms with van der Waals surface area (Å²) < 4.78 is 28.4. The first kappa shape index (κ1) is 19.7. The molecule has 0 spiro atoms. The number of pyridine rings is 1. The standard InChI is InChI=1S/C21H22FN5O4/c1-2-30-21(29)15-10-27(12-3-4-12)17-14(19(15)28)8-16(22)18-20(17)31-6-5-13-7-11(24-25-23)9-26(13)18/h8,10-13H,2-7,9H2,1H3/t11-,13-/m0/s1. The first-order valence-corrected chi connectivity index (χ1v) is 10.6. The van der Waals surface area contributed by atoms with Crippen LogP contribution in [0.2, 0.25) is 0 Å². The van der Waals surface area contributed by atoms with Gasteiger partial charge in [0.1, 0.15) is 11.3 Å². The quantitative estimate of drug-likeness (QED) is 0.320. The third kappa shape index (κ3) is 3.18. The smallest absolute Gasteiger partial charge is 0.343 e. The Hall–Kier alpha value is -3.26. The number of carbonyl (C=O) groups excluding carboxylic acids is 1. The van der Waals surface area contributed by atoms with Crippen molar-refractivity contribution in [2.75, 3.05) is 24.7 Å². The molecule has 0 amide bonds. The van der Waals surface area contributed by atoms with Crippen LogP contribution in [0.15, 0.2) is 22.2 Å². The van der Waals surface area contributed by atoms with E-state index in [2.05, 4.69) is 10.0 Å². The van der Waals surface area contributed by atoms with Crippen LogP contribution in [0.25, 0.3) is 21.3 Å². The molecule has 0 radical (unpaired) electrons. The van der Waals surface area contributed by atoms with Crippen molar-refractivity contribution in [3.05, 3.63) is 44.3 Å². The van der Waals surface area contributed by atoms with Crippen molar-refractivity contribution in [1.29, 1.82) is 0 Å². The number of hydrogen-bond donors (Lipinski definition) is 0. The lowest BCUT2D eigenvalue weighted by atomic mass is 10.1. The van der Waals surface area contributed by atoms with Gasteiger partial charge >= 0.3 is 5.97 Å². The Balaban J connectivity index is 1.75. The molecule has 1 saturated carbocycles. The predicted molar refractivity (Wildman–Crippen MR) is 111 cm³/mol. The molecule has 3 heterocycles. The van der Waals surface area contributed by atoms with E-state index in [4.69, 9.17) is 15.0 Å². The van der Waals surface area contributed by atoms with Crippen LogP contribution in [0.1, 0.15) is 49.0 Å². The van der Waals surface area contributed by atoms with E-state index < -0.39 is 17.2 Å². The highest BCUT2D eigenvalue weighted by Crippen LogP contribution is 2.46. The molecule has 1 aromatic heterocycles. The van der Waals surface area contributed by atoms with Gasteiger partial charge in [-0.3, -0.25) is 4.79 Å². The van der Waals surface area contributed by atoms with E-state index in [0.717, 1.165) is 12.8 Å².